The summed E-state index contributed by atoms with van der Waals surface area (Å²) < 4.78 is 26.1. The van der Waals surface area contributed by atoms with Crippen molar-refractivity contribution in [3.8, 4) is 22.6 Å². The van der Waals surface area contributed by atoms with Crippen LogP contribution in [0.25, 0.3) is 11.1 Å². The normalized spacial score (nSPS) is 19.9. The molecule has 2 atom stereocenters. The van der Waals surface area contributed by atoms with Crippen molar-refractivity contribution in [3.05, 3.63) is 77.9 Å². The molecule has 2 amide bonds. The van der Waals surface area contributed by atoms with Gasteiger partial charge in [0.25, 0.3) is 11.8 Å². The highest BCUT2D eigenvalue weighted by molar-refractivity contribution is 5.95. The van der Waals surface area contributed by atoms with Crippen LogP contribution >= 0.6 is 12.4 Å². The molecule has 8 nitrogen and oxygen atoms in total. The van der Waals surface area contributed by atoms with Gasteiger partial charge in [-0.25, -0.2) is 4.39 Å². The average Bonchev–Trinajstić information content (AvgIpc) is 2.87. The summed E-state index contributed by atoms with van der Waals surface area (Å²) in [4.78, 5) is 29.7. The first-order valence-corrected chi connectivity index (χ1v) is 11.5. The van der Waals surface area contributed by atoms with E-state index in [1.54, 1.807) is 30.5 Å². The number of benzene rings is 2. The van der Waals surface area contributed by atoms with Gasteiger partial charge < -0.3 is 25.4 Å². The average molecular weight is 513 g/mol. The van der Waals surface area contributed by atoms with Crippen molar-refractivity contribution in [1.82, 2.24) is 20.9 Å². The molecule has 6 bridgehead atoms. The molecule has 1 saturated heterocycles. The summed E-state index contributed by atoms with van der Waals surface area (Å²) in [6.07, 6.45) is 3.46. The van der Waals surface area contributed by atoms with Gasteiger partial charge in [0.1, 0.15) is 23.4 Å². The summed E-state index contributed by atoms with van der Waals surface area (Å²) in [6, 6.07) is 13.0. The predicted molar refractivity (Wildman–Crippen MR) is 134 cm³/mol. The third-order valence-corrected chi connectivity index (χ3v) is 5.98. The molecule has 0 spiro atoms. The number of aromatic nitrogens is 1. The van der Waals surface area contributed by atoms with Crippen LogP contribution in [0.4, 0.5) is 4.39 Å². The Kier molecular flexibility index (Phi) is 8.02. The van der Waals surface area contributed by atoms with Gasteiger partial charge in [0, 0.05) is 37.1 Å². The van der Waals surface area contributed by atoms with Crippen LogP contribution in [0.3, 0.4) is 0 Å². The Morgan fingerprint density at radius 3 is 2.72 bits per heavy atom. The fourth-order valence-electron chi connectivity index (χ4n) is 4.22. The zero-order chi connectivity index (χ0) is 24.2. The molecular formula is C26H26ClFN4O4. The number of nitrogens with one attached hydrogen (secondary N) is 3. The van der Waals surface area contributed by atoms with Crippen molar-refractivity contribution in [2.75, 3.05) is 19.7 Å². The molecule has 188 valence electrons. The van der Waals surface area contributed by atoms with E-state index in [0.717, 1.165) is 11.1 Å². The van der Waals surface area contributed by atoms with Crippen LogP contribution < -0.4 is 25.4 Å². The number of amides is 2. The van der Waals surface area contributed by atoms with Crippen molar-refractivity contribution in [2.45, 2.75) is 25.1 Å². The highest BCUT2D eigenvalue weighted by Gasteiger charge is 2.29. The lowest BCUT2D eigenvalue weighted by Crippen LogP contribution is -2.55. The van der Waals surface area contributed by atoms with Gasteiger partial charge in [-0.2, -0.15) is 0 Å². The van der Waals surface area contributed by atoms with E-state index in [2.05, 4.69) is 20.9 Å². The number of pyridine rings is 1. The van der Waals surface area contributed by atoms with E-state index in [9.17, 15) is 14.0 Å². The molecule has 3 aromatic rings. The summed E-state index contributed by atoms with van der Waals surface area (Å²) in [6.45, 7) is 1.16. The zero-order valence-corrected chi connectivity index (χ0v) is 20.1. The van der Waals surface area contributed by atoms with Gasteiger partial charge in [-0.05, 0) is 54.4 Å². The maximum Gasteiger partial charge on any atom is 0.258 e. The maximum atomic E-state index is 14.3. The minimum absolute atomic E-state index is 0. The topological polar surface area (TPSA) is 102 Å². The van der Waals surface area contributed by atoms with E-state index in [1.807, 2.05) is 12.1 Å². The number of fused-ring (bicyclic) bond motifs is 8. The van der Waals surface area contributed by atoms with E-state index in [0.29, 0.717) is 42.1 Å². The number of carbonyl (C=O) groups excluding carboxylic acids is 2. The van der Waals surface area contributed by atoms with Gasteiger partial charge in [0.15, 0.2) is 6.61 Å². The first-order valence-electron chi connectivity index (χ1n) is 11.5. The summed E-state index contributed by atoms with van der Waals surface area (Å²) in [5.74, 6) is -0.237. The molecule has 5 rings (SSSR count). The summed E-state index contributed by atoms with van der Waals surface area (Å²) in [5.41, 5.74) is 2.51. The fourth-order valence-corrected chi connectivity index (χ4v) is 4.22. The molecule has 2 aliphatic rings. The fraction of sp³-hybridized carbons (Fsp3) is 0.269. The van der Waals surface area contributed by atoms with E-state index in [4.69, 9.17) is 9.47 Å². The Hall–Kier alpha value is -3.69. The molecule has 1 aromatic heterocycles. The number of rotatable bonds is 0. The van der Waals surface area contributed by atoms with Crippen molar-refractivity contribution in [1.29, 1.82) is 0 Å². The van der Waals surface area contributed by atoms with Crippen LogP contribution in [-0.4, -0.2) is 48.6 Å². The van der Waals surface area contributed by atoms with Gasteiger partial charge in [-0.1, -0.05) is 12.1 Å². The van der Waals surface area contributed by atoms with Crippen LogP contribution in [0.1, 0.15) is 22.3 Å². The molecule has 2 aliphatic heterocycles. The third kappa shape index (κ3) is 6.10. The lowest BCUT2D eigenvalue weighted by atomic mass is 10.0. The molecule has 0 saturated carbocycles. The molecule has 36 heavy (non-hydrogen) atoms. The van der Waals surface area contributed by atoms with Crippen LogP contribution in [0.15, 0.2) is 60.9 Å². The second-order valence-electron chi connectivity index (χ2n) is 8.58. The van der Waals surface area contributed by atoms with E-state index < -0.39 is 5.82 Å². The number of hydrogen-bond acceptors (Lipinski definition) is 6. The summed E-state index contributed by atoms with van der Waals surface area (Å²) >= 11 is 0. The van der Waals surface area contributed by atoms with Gasteiger partial charge in [0.2, 0.25) is 0 Å². The van der Waals surface area contributed by atoms with Gasteiger partial charge in [-0.3, -0.25) is 14.6 Å². The lowest BCUT2D eigenvalue weighted by molar-refractivity contribution is -0.123. The molecule has 10 heteroatoms. The molecule has 1 fully saturated rings. The Balaban J connectivity index is 0.00000304. The standard InChI is InChI=1S/C26H25FN4O4.ClH/c27-20-6-16-7-22(10-20)35-24-4-5-28-14-23(24)31-26(33)19-8-18(12-29-13-19)17-2-1-3-21(9-17)34-15-25(32)30-11-16;/h1-3,6-10,12-13,23-24,28H,4-5,11,14-15H2,(H,30,32)(H,31,33);1H/t23-,24+;/m1./s1. The molecule has 0 radical (unpaired) electrons. The van der Waals surface area contributed by atoms with Crippen LogP contribution in [0, 0.1) is 5.82 Å². The van der Waals surface area contributed by atoms with Crippen LogP contribution in [0.2, 0.25) is 0 Å². The zero-order valence-electron chi connectivity index (χ0n) is 19.3. The number of hydrogen-bond donors (Lipinski definition) is 3. The second kappa shape index (κ2) is 11.4. The van der Waals surface area contributed by atoms with Gasteiger partial charge in [-0.15, -0.1) is 12.4 Å². The number of ether oxygens (including phenoxy) is 2. The molecule has 3 N–H and O–H groups in total. The van der Waals surface area contributed by atoms with E-state index >= 15 is 0 Å². The third-order valence-electron chi connectivity index (χ3n) is 5.98. The van der Waals surface area contributed by atoms with Crippen molar-refractivity contribution in [2.24, 2.45) is 0 Å². The molecule has 2 aromatic carbocycles. The van der Waals surface area contributed by atoms with Gasteiger partial charge in [0.05, 0.1) is 11.6 Å². The second-order valence-corrected chi connectivity index (χ2v) is 8.58. The van der Waals surface area contributed by atoms with Gasteiger partial charge >= 0.3 is 0 Å². The quantitative estimate of drug-likeness (QED) is 0.428. The minimum Gasteiger partial charge on any atom is -0.488 e. The number of carbonyl (C=O) groups is 2. The Labute approximate surface area is 214 Å². The SMILES string of the molecule is Cl.O=C1COc2cccc(c2)-c2cncc(c2)C(=O)N[C@@H]2CNCC[C@@H]2Oc2cc(F)cc(c2)CN1. The molecule has 0 unspecified atom stereocenters. The molecule has 3 heterocycles. The maximum absolute atomic E-state index is 14.3. The minimum atomic E-state index is -0.469. The van der Waals surface area contributed by atoms with E-state index in [1.165, 1.54) is 18.3 Å². The highest BCUT2D eigenvalue weighted by atomic mass is 35.5. The Morgan fingerprint density at radius 2 is 1.83 bits per heavy atom. The number of piperidine rings is 1. The molecule has 0 aliphatic carbocycles. The smallest absolute Gasteiger partial charge is 0.258 e. The Morgan fingerprint density at radius 1 is 0.972 bits per heavy atom. The van der Waals surface area contributed by atoms with Crippen LogP contribution in [0.5, 0.6) is 11.5 Å². The number of nitrogens with zero attached hydrogens (tertiary/aromatic N) is 1. The Bertz CT molecular complexity index is 1260. The highest BCUT2D eigenvalue weighted by Crippen LogP contribution is 2.25. The lowest BCUT2D eigenvalue weighted by Gasteiger charge is -2.33. The summed E-state index contributed by atoms with van der Waals surface area (Å²) in [7, 11) is 0. The van der Waals surface area contributed by atoms with Crippen molar-refractivity contribution in [3.63, 3.8) is 0 Å². The van der Waals surface area contributed by atoms with Crippen molar-refractivity contribution < 1.29 is 23.5 Å². The van der Waals surface area contributed by atoms with Crippen molar-refractivity contribution >= 4 is 24.2 Å². The first kappa shape index (κ1) is 25.4. The monoisotopic (exact) mass is 512 g/mol. The largest absolute Gasteiger partial charge is 0.488 e. The van der Waals surface area contributed by atoms with Crippen LogP contribution in [-0.2, 0) is 11.3 Å². The molecular weight excluding hydrogens is 487 g/mol. The number of halogens is 2. The first-order chi connectivity index (χ1) is 17.0. The summed E-state index contributed by atoms with van der Waals surface area (Å²) in [5, 5.41) is 9.05. The predicted octanol–water partition coefficient (Wildman–Crippen LogP) is 2.86. The van der Waals surface area contributed by atoms with E-state index in [-0.39, 0.29) is 49.5 Å².